The van der Waals surface area contributed by atoms with Gasteiger partial charge in [0, 0.05) is 0 Å². The third kappa shape index (κ3) is 1.09. The third-order valence-corrected chi connectivity index (χ3v) is 1.93. The summed E-state index contributed by atoms with van der Waals surface area (Å²) >= 11 is 0. The van der Waals surface area contributed by atoms with Crippen molar-refractivity contribution in [1.29, 1.82) is 0 Å². The first kappa shape index (κ1) is 7.34. The van der Waals surface area contributed by atoms with E-state index in [0.717, 1.165) is 18.5 Å². The lowest BCUT2D eigenvalue weighted by Crippen LogP contribution is -2.20. The molecule has 1 aromatic rings. The van der Waals surface area contributed by atoms with Crippen molar-refractivity contribution in [2.75, 3.05) is 6.61 Å². The number of fused-ring (bicyclic) bond motifs is 1. The van der Waals surface area contributed by atoms with Crippen LogP contribution in [0.5, 0.6) is 5.88 Å². The van der Waals surface area contributed by atoms with Gasteiger partial charge in [-0.3, -0.25) is 4.79 Å². The van der Waals surface area contributed by atoms with Crippen LogP contribution in [-0.2, 0) is 6.42 Å². The predicted octanol–water partition coefficient (Wildman–Crippen LogP) is 0.403. The van der Waals surface area contributed by atoms with Crippen molar-refractivity contribution in [1.82, 2.24) is 9.97 Å². The Morgan fingerprint density at radius 2 is 2.42 bits per heavy atom. The van der Waals surface area contributed by atoms with Crippen LogP contribution in [0.1, 0.15) is 17.8 Å². The molecule has 64 valence electrons. The van der Waals surface area contributed by atoms with Gasteiger partial charge in [-0.15, -0.1) is 0 Å². The molecule has 4 heteroatoms. The zero-order chi connectivity index (χ0) is 8.55. The van der Waals surface area contributed by atoms with Gasteiger partial charge < -0.3 is 9.72 Å². The van der Waals surface area contributed by atoms with Gasteiger partial charge >= 0.3 is 0 Å². The molecular weight excluding hydrogens is 156 g/mol. The summed E-state index contributed by atoms with van der Waals surface area (Å²) in [6, 6.07) is 0. The number of aromatic nitrogens is 2. The lowest BCUT2D eigenvalue weighted by Gasteiger charge is -2.14. The van der Waals surface area contributed by atoms with Gasteiger partial charge in [0.1, 0.15) is 5.69 Å². The molecule has 1 aliphatic heterocycles. The van der Waals surface area contributed by atoms with Crippen LogP contribution in [0.15, 0.2) is 4.79 Å². The third-order valence-electron chi connectivity index (χ3n) is 1.93. The number of aryl methyl sites for hydroxylation is 2. The average molecular weight is 166 g/mol. The van der Waals surface area contributed by atoms with Gasteiger partial charge in [-0.25, -0.2) is 4.98 Å². The molecule has 2 heterocycles. The molecule has 0 saturated carbocycles. The van der Waals surface area contributed by atoms with Crippen LogP contribution >= 0.6 is 0 Å². The average Bonchev–Trinajstić information content (AvgIpc) is 2.07. The molecule has 1 N–H and O–H groups in total. The smallest absolute Gasteiger partial charge is 0.269 e. The highest BCUT2D eigenvalue weighted by Gasteiger charge is 2.13. The number of nitrogens with one attached hydrogen (secondary N) is 1. The van der Waals surface area contributed by atoms with Crippen molar-refractivity contribution < 1.29 is 4.74 Å². The normalized spacial score (nSPS) is 15.1. The first-order chi connectivity index (χ1) is 5.77. The molecule has 2 rings (SSSR count). The first-order valence-electron chi connectivity index (χ1n) is 4.00. The largest absolute Gasteiger partial charge is 0.476 e. The van der Waals surface area contributed by atoms with Gasteiger partial charge in [-0.2, -0.15) is 0 Å². The van der Waals surface area contributed by atoms with Gasteiger partial charge in [-0.05, 0) is 19.8 Å². The molecular formula is C8H10N2O2. The molecule has 12 heavy (non-hydrogen) atoms. The van der Waals surface area contributed by atoms with E-state index in [1.54, 1.807) is 6.92 Å². The molecule has 0 amide bonds. The number of hydrogen-bond acceptors (Lipinski definition) is 3. The van der Waals surface area contributed by atoms with Crippen LogP contribution in [0, 0.1) is 6.92 Å². The van der Waals surface area contributed by atoms with Crippen molar-refractivity contribution in [3.8, 4) is 5.88 Å². The number of rotatable bonds is 0. The van der Waals surface area contributed by atoms with Gasteiger partial charge in [0.15, 0.2) is 0 Å². The zero-order valence-electron chi connectivity index (χ0n) is 6.89. The predicted molar refractivity (Wildman–Crippen MR) is 43.4 cm³/mol. The first-order valence-corrected chi connectivity index (χ1v) is 4.00. The minimum atomic E-state index is -0.112. The van der Waals surface area contributed by atoms with Crippen LogP contribution in [0.4, 0.5) is 0 Å². The summed E-state index contributed by atoms with van der Waals surface area (Å²) in [7, 11) is 0. The fourth-order valence-electron chi connectivity index (χ4n) is 1.26. The second kappa shape index (κ2) is 2.62. The van der Waals surface area contributed by atoms with E-state index in [9.17, 15) is 4.79 Å². The molecule has 0 radical (unpaired) electrons. The van der Waals surface area contributed by atoms with E-state index in [4.69, 9.17) is 4.74 Å². The highest BCUT2D eigenvalue weighted by molar-refractivity contribution is 5.21. The molecule has 0 spiro atoms. The van der Waals surface area contributed by atoms with Crippen molar-refractivity contribution in [3.63, 3.8) is 0 Å². The Morgan fingerprint density at radius 1 is 1.58 bits per heavy atom. The van der Waals surface area contributed by atoms with Crippen LogP contribution in [0.25, 0.3) is 0 Å². The van der Waals surface area contributed by atoms with Crippen LogP contribution in [0.2, 0.25) is 0 Å². The van der Waals surface area contributed by atoms with Crippen LogP contribution in [0.3, 0.4) is 0 Å². The second-order valence-electron chi connectivity index (χ2n) is 2.89. The number of aromatic amines is 1. The lowest BCUT2D eigenvalue weighted by molar-refractivity contribution is 0.271. The molecule has 1 aliphatic rings. The number of hydrogen-bond donors (Lipinski definition) is 1. The highest BCUT2D eigenvalue weighted by atomic mass is 16.5. The van der Waals surface area contributed by atoms with E-state index in [-0.39, 0.29) is 5.56 Å². The molecule has 0 saturated heterocycles. The maximum atomic E-state index is 11.1. The maximum absolute atomic E-state index is 11.1. The lowest BCUT2D eigenvalue weighted by atomic mass is 10.2. The van der Waals surface area contributed by atoms with E-state index in [1.165, 1.54) is 0 Å². The SMILES string of the molecule is Cc1nc2c([nH]c1=O)CCCO2. The van der Waals surface area contributed by atoms with E-state index in [2.05, 4.69) is 9.97 Å². The fraction of sp³-hybridized carbons (Fsp3) is 0.500. The Hall–Kier alpha value is -1.32. The summed E-state index contributed by atoms with van der Waals surface area (Å²) in [5.41, 5.74) is 1.19. The number of H-pyrrole nitrogens is 1. The van der Waals surface area contributed by atoms with Crippen molar-refractivity contribution in [2.24, 2.45) is 0 Å². The summed E-state index contributed by atoms with van der Waals surface area (Å²) < 4.78 is 5.28. The standard InChI is InChI=1S/C8H10N2O2/c1-5-7(11)10-6-3-2-4-12-8(6)9-5/h2-4H2,1H3,(H,10,11). The highest BCUT2D eigenvalue weighted by Crippen LogP contribution is 2.17. The molecule has 4 nitrogen and oxygen atoms in total. The number of ether oxygens (including phenoxy) is 1. The quantitative estimate of drug-likeness (QED) is 0.607. The van der Waals surface area contributed by atoms with E-state index < -0.39 is 0 Å². The van der Waals surface area contributed by atoms with Gasteiger partial charge in [0.2, 0.25) is 5.88 Å². The van der Waals surface area contributed by atoms with E-state index in [1.807, 2.05) is 0 Å². The van der Waals surface area contributed by atoms with E-state index >= 15 is 0 Å². The Labute approximate surface area is 69.6 Å². The zero-order valence-corrected chi connectivity index (χ0v) is 6.89. The second-order valence-corrected chi connectivity index (χ2v) is 2.89. The summed E-state index contributed by atoms with van der Waals surface area (Å²) in [6.45, 7) is 2.38. The Morgan fingerprint density at radius 3 is 3.25 bits per heavy atom. The molecule has 0 aromatic carbocycles. The van der Waals surface area contributed by atoms with Gasteiger partial charge in [0.25, 0.3) is 5.56 Å². The van der Waals surface area contributed by atoms with Gasteiger partial charge in [0.05, 0.1) is 12.3 Å². The minimum Gasteiger partial charge on any atom is -0.476 e. The summed E-state index contributed by atoms with van der Waals surface area (Å²) in [6.07, 6.45) is 1.81. The Balaban J connectivity index is 2.56. The Bertz CT molecular complexity index is 357. The molecule has 0 unspecified atom stereocenters. The monoisotopic (exact) mass is 166 g/mol. The summed E-state index contributed by atoms with van der Waals surface area (Å²) in [5, 5.41) is 0. The maximum Gasteiger partial charge on any atom is 0.269 e. The summed E-state index contributed by atoms with van der Waals surface area (Å²) in [4.78, 5) is 17.9. The minimum absolute atomic E-state index is 0.112. The topological polar surface area (TPSA) is 55.0 Å². The number of nitrogens with zero attached hydrogens (tertiary/aromatic N) is 1. The Kier molecular flexibility index (Phi) is 1.60. The molecule has 0 aliphatic carbocycles. The molecule has 0 fully saturated rings. The molecule has 1 aromatic heterocycles. The van der Waals surface area contributed by atoms with E-state index in [0.29, 0.717) is 18.2 Å². The summed E-state index contributed by atoms with van der Waals surface area (Å²) in [5.74, 6) is 0.596. The van der Waals surface area contributed by atoms with Crippen molar-refractivity contribution in [3.05, 3.63) is 21.7 Å². The van der Waals surface area contributed by atoms with Crippen molar-refractivity contribution in [2.45, 2.75) is 19.8 Å². The van der Waals surface area contributed by atoms with Gasteiger partial charge in [-0.1, -0.05) is 0 Å². The van der Waals surface area contributed by atoms with Crippen molar-refractivity contribution >= 4 is 0 Å². The fourth-order valence-corrected chi connectivity index (χ4v) is 1.26. The van der Waals surface area contributed by atoms with Crippen LogP contribution < -0.4 is 10.3 Å². The molecule has 0 bridgehead atoms. The molecule has 0 atom stereocenters. The van der Waals surface area contributed by atoms with Crippen LogP contribution in [-0.4, -0.2) is 16.6 Å².